The second-order valence-corrected chi connectivity index (χ2v) is 4.64. The van der Waals surface area contributed by atoms with Crippen molar-refractivity contribution in [3.05, 3.63) is 0 Å². The smallest absolute Gasteiger partial charge is 0.0648 e. The van der Waals surface area contributed by atoms with E-state index in [2.05, 4.69) is 11.8 Å². The molecule has 0 saturated carbocycles. The average molecular weight is 184 g/mol. The Kier molecular flexibility index (Phi) is 2.58. The third-order valence-corrected chi connectivity index (χ3v) is 3.58. The molecule has 2 rings (SSSR count). The van der Waals surface area contributed by atoms with Gasteiger partial charge in [-0.15, -0.1) is 0 Å². The normalized spacial score (nSPS) is 41.5. The van der Waals surface area contributed by atoms with Crippen molar-refractivity contribution in [2.75, 3.05) is 32.8 Å². The Labute approximate surface area is 80.2 Å². The van der Waals surface area contributed by atoms with Crippen LogP contribution in [0.4, 0.5) is 0 Å². The number of hydrogen-bond acceptors (Lipinski definition) is 3. The minimum atomic E-state index is 0.309. The largest absolute Gasteiger partial charge is 0.379 e. The van der Waals surface area contributed by atoms with E-state index in [-0.39, 0.29) is 0 Å². The van der Waals surface area contributed by atoms with Crippen LogP contribution in [0.2, 0.25) is 0 Å². The van der Waals surface area contributed by atoms with E-state index < -0.39 is 0 Å². The van der Waals surface area contributed by atoms with Crippen LogP contribution in [0.25, 0.3) is 0 Å². The molecular formula is C10H20N2O. The van der Waals surface area contributed by atoms with Crippen LogP contribution in [-0.2, 0) is 4.74 Å². The molecule has 3 nitrogen and oxygen atoms in total. The van der Waals surface area contributed by atoms with E-state index in [4.69, 9.17) is 10.5 Å². The second kappa shape index (κ2) is 3.56. The molecule has 3 heteroatoms. The van der Waals surface area contributed by atoms with Gasteiger partial charge in [-0.3, -0.25) is 4.90 Å². The van der Waals surface area contributed by atoms with Gasteiger partial charge < -0.3 is 10.5 Å². The Morgan fingerprint density at radius 3 is 3.00 bits per heavy atom. The molecule has 2 aliphatic heterocycles. The zero-order valence-corrected chi connectivity index (χ0v) is 8.46. The van der Waals surface area contributed by atoms with Gasteiger partial charge in [0.1, 0.15) is 0 Å². The highest BCUT2D eigenvalue weighted by Gasteiger charge is 2.39. The summed E-state index contributed by atoms with van der Waals surface area (Å²) in [6, 6.07) is 0. The first-order valence-corrected chi connectivity index (χ1v) is 5.27. The average Bonchev–Trinajstić information content (AvgIpc) is 2.72. The molecular weight excluding hydrogens is 164 g/mol. The van der Waals surface area contributed by atoms with Crippen LogP contribution < -0.4 is 5.73 Å². The van der Waals surface area contributed by atoms with Gasteiger partial charge in [0.2, 0.25) is 0 Å². The van der Waals surface area contributed by atoms with E-state index in [1.807, 2.05) is 0 Å². The molecule has 0 aromatic heterocycles. The molecule has 2 aliphatic rings. The lowest BCUT2D eigenvalue weighted by molar-refractivity contribution is 0.0972. The maximum atomic E-state index is 5.68. The van der Waals surface area contributed by atoms with Crippen LogP contribution in [0.1, 0.15) is 19.8 Å². The Hall–Kier alpha value is -0.120. The highest BCUT2D eigenvalue weighted by atomic mass is 16.5. The standard InChI is InChI=1S/C10H20N2O/c1-10(3-5-13-8-10)12-4-2-9(6-11)7-12/h9H,2-8,11H2,1H3. The van der Waals surface area contributed by atoms with Crippen molar-refractivity contribution in [2.24, 2.45) is 11.7 Å². The van der Waals surface area contributed by atoms with Crippen molar-refractivity contribution in [3.8, 4) is 0 Å². The van der Waals surface area contributed by atoms with Crippen LogP contribution in [0.3, 0.4) is 0 Å². The molecule has 0 bridgehead atoms. The van der Waals surface area contributed by atoms with Crippen molar-refractivity contribution in [3.63, 3.8) is 0 Å². The number of nitrogens with two attached hydrogens (primary N) is 1. The molecule has 2 atom stereocenters. The first-order chi connectivity index (χ1) is 6.24. The predicted molar refractivity (Wildman–Crippen MR) is 52.6 cm³/mol. The minimum Gasteiger partial charge on any atom is -0.379 e. The molecule has 13 heavy (non-hydrogen) atoms. The maximum Gasteiger partial charge on any atom is 0.0648 e. The molecule has 0 aromatic rings. The monoisotopic (exact) mass is 184 g/mol. The van der Waals surface area contributed by atoms with Gasteiger partial charge in [0, 0.05) is 18.7 Å². The molecule has 2 fully saturated rings. The van der Waals surface area contributed by atoms with E-state index >= 15 is 0 Å². The van der Waals surface area contributed by atoms with Crippen LogP contribution in [0.5, 0.6) is 0 Å². The lowest BCUT2D eigenvalue weighted by atomic mass is 10.00. The summed E-state index contributed by atoms with van der Waals surface area (Å²) in [5.41, 5.74) is 5.99. The van der Waals surface area contributed by atoms with Gasteiger partial charge in [-0.2, -0.15) is 0 Å². The lowest BCUT2D eigenvalue weighted by Crippen LogP contribution is -2.45. The van der Waals surface area contributed by atoms with Crippen LogP contribution in [0.15, 0.2) is 0 Å². The van der Waals surface area contributed by atoms with Gasteiger partial charge in [-0.05, 0) is 38.8 Å². The third-order valence-electron chi connectivity index (χ3n) is 3.58. The van der Waals surface area contributed by atoms with Gasteiger partial charge in [0.15, 0.2) is 0 Å². The van der Waals surface area contributed by atoms with Crippen molar-refractivity contribution in [1.82, 2.24) is 4.90 Å². The molecule has 2 heterocycles. The van der Waals surface area contributed by atoms with Crippen molar-refractivity contribution >= 4 is 0 Å². The first-order valence-electron chi connectivity index (χ1n) is 5.27. The molecule has 0 amide bonds. The van der Waals surface area contributed by atoms with E-state index in [0.29, 0.717) is 5.54 Å². The number of likely N-dealkylation sites (tertiary alicyclic amines) is 1. The van der Waals surface area contributed by atoms with E-state index in [1.165, 1.54) is 25.9 Å². The summed E-state index contributed by atoms with van der Waals surface area (Å²) in [5, 5.41) is 0. The molecule has 2 N–H and O–H groups in total. The summed E-state index contributed by atoms with van der Waals surface area (Å²) < 4.78 is 5.47. The Morgan fingerprint density at radius 2 is 2.46 bits per heavy atom. The number of rotatable bonds is 2. The molecule has 2 saturated heterocycles. The molecule has 76 valence electrons. The van der Waals surface area contributed by atoms with Crippen LogP contribution in [0, 0.1) is 5.92 Å². The van der Waals surface area contributed by atoms with Gasteiger partial charge in [-0.25, -0.2) is 0 Å². The summed E-state index contributed by atoms with van der Waals surface area (Å²) >= 11 is 0. The number of hydrogen-bond donors (Lipinski definition) is 1. The SMILES string of the molecule is CC1(N2CCC(CN)C2)CCOC1. The second-order valence-electron chi connectivity index (χ2n) is 4.64. The summed E-state index contributed by atoms with van der Waals surface area (Å²) in [4.78, 5) is 2.57. The van der Waals surface area contributed by atoms with Gasteiger partial charge in [0.05, 0.1) is 6.61 Å². The minimum absolute atomic E-state index is 0.309. The van der Waals surface area contributed by atoms with Gasteiger partial charge in [0.25, 0.3) is 0 Å². The number of nitrogens with zero attached hydrogens (tertiary/aromatic N) is 1. The molecule has 0 spiro atoms. The van der Waals surface area contributed by atoms with E-state index in [9.17, 15) is 0 Å². The molecule has 2 unspecified atom stereocenters. The first kappa shape index (κ1) is 9.44. The summed E-state index contributed by atoms with van der Waals surface area (Å²) in [6.07, 6.45) is 2.45. The van der Waals surface area contributed by atoms with Crippen LogP contribution in [-0.4, -0.2) is 43.3 Å². The third kappa shape index (κ3) is 1.73. The van der Waals surface area contributed by atoms with Crippen molar-refractivity contribution < 1.29 is 4.74 Å². The van der Waals surface area contributed by atoms with Gasteiger partial charge >= 0.3 is 0 Å². The Balaban J connectivity index is 1.94. The Morgan fingerprint density at radius 1 is 1.62 bits per heavy atom. The molecule has 0 aromatic carbocycles. The highest BCUT2D eigenvalue weighted by molar-refractivity contribution is 4.93. The zero-order chi connectivity index (χ0) is 9.31. The highest BCUT2D eigenvalue weighted by Crippen LogP contribution is 2.30. The molecule has 0 radical (unpaired) electrons. The fraction of sp³-hybridized carbons (Fsp3) is 1.00. The number of ether oxygens (including phenoxy) is 1. The maximum absolute atomic E-state index is 5.68. The quantitative estimate of drug-likeness (QED) is 0.677. The van der Waals surface area contributed by atoms with E-state index in [0.717, 1.165) is 25.7 Å². The fourth-order valence-electron chi connectivity index (χ4n) is 2.42. The summed E-state index contributed by atoms with van der Waals surface area (Å²) in [6.45, 7) is 7.38. The lowest BCUT2D eigenvalue weighted by Gasteiger charge is -2.33. The molecule has 0 aliphatic carbocycles. The van der Waals surface area contributed by atoms with Crippen molar-refractivity contribution in [2.45, 2.75) is 25.3 Å². The van der Waals surface area contributed by atoms with Crippen LogP contribution >= 0.6 is 0 Å². The summed E-state index contributed by atoms with van der Waals surface area (Å²) in [7, 11) is 0. The van der Waals surface area contributed by atoms with Crippen molar-refractivity contribution in [1.29, 1.82) is 0 Å². The van der Waals surface area contributed by atoms with Gasteiger partial charge in [-0.1, -0.05) is 0 Å². The Bertz CT molecular complexity index is 178. The predicted octanol–water partition coefficient (Wildman–Crippen LogP) is 0.446. The topological polar surface area (TPSA) is 38.5 Å². The van der Waals surface area contributed by atoms with E-state index in [1.54, 1.807) is 0 Å². The fourth-order valence-corrected chi connectivity index (χ4v) is 2.42. The zero-order valence-electron chi connectivity index (χ0n) is 8.46. The summed E-state index contributed by atoms with van der Waals surface area (Å²) in [5.74, 6) is 0.720.